The predicted molar refractivity (Wildman–Crippen MR) is 68.0 cm³/mol. The molecule has 7 heteroatoms. The summed E-state index contributed by atoms with van der Waals surface area (Å²) in [5, 5.41) is 10.4. The Morgan fingerprint density at radius 2 is 2.00 bits per heavy atom. The Balaban J connectivity index is 2.11. The van der Waals surface area contributed by atoms with Gasteiger partial charge in [-0.2, -0.15) is 0 Å². The zero-order chi connectivity index (χ0) is 14.7. The first kappa shape index (κ1) is 13.9. The molecule has 1 aromatic carbocycles. The molecule has 0 aromatic heterocycles. The molecular formula is C13H14N2O5. The number of ether oxygens (including phenoxy) is 1. The lowest BCUT2D eigenvalue weighted by atomic mass is 10.0. The summed E-state index contributed by atoms with van der Waals surface area (Å²) < 4.78 is 5.19. The molecule has 1 fully saturated rings. The van der Waals surface area contributed by atoms with E-state index >= 15 is 0 Å². The molecule has 7 nitrogen and oxygen atoms in total. The summed E-state index contributed by atoms with van der Waals surface area (Å²) in [7, 11) is 0. The van der Waals surface area contributed by atoms with E-state index in [0.29, 0.717) is 0 Å². The van der Waals surface area contributed by atoms with Crippen LogP contribution < -0.4 is 5.32 Å². The number of nitrogens with one attached hydrogen (secondary N) is 1. The van der Waals surface area contributed by atoms with Gasteiger partial charge in [-0.3, -0.25) is 4.79 Å². The van der Waals surface area contributed by atoms with E-state index in [1.165, 1.54) is 0 Å². The Kier molecular flexibility index (Phi) is 3.88. The SMILES string of the molecule is C[C@@H]1[C@H](c2ccccc2)OC(=O)N1C(=O)CNC(=O)O. The fourth-order valence-corrected chi connectivity index (χ4v) is 2.12. The summed E-state index contributed by atoms with van der Waals surface area (Å²) in [6.07, 6.45) is -2.63. The number of carboxylic acid groups (broad SMARTS) is 1. The number of imide groups is 1. The lowest BCUT2D eigenvalue weighted by Crippen LogP contribution is -2.43. The van der Waals surface area contributed by atoms with Crippen molar-refractivity contribution in [2.45, 2.75) is 19.1 Å². The van der Waals surface area contributed by atoms with Crippen molar-refractivity contribution in [1.82, 2.24) is 10.2 Å². The van der Waals surface area contributed by atoms with E-state index in [4.69, 9.17) is 9.84 Å². The zero-order valence-electron chi connectivity index (χ0n) is 10.8. The first-order valence-corrected chi connectivity index (χ1v) is 6.05. The van der Waals surface area contributed by atoms with Crippen molar-refractivity contribution in [3.8, 4) is 0 Å². The fourth-order valence-electron chi connectivity index (χ4n) is 2.12. The number of rotatable bonds is 3. The smallest absolute Gasteiger partial charge is 0.417 e. The minimum atomic E-state index is -1.32. The molecular weight excluding hydrogens is 264 g/mol. The van der Waals surface area contributed by atoms with Crippen molar-refractivity contribution in [2.75, 3.05) is 6.54 Å². The average molecular weight is 278 g/mol. The van der Waals surface area contributed by atoms with Crippen molar-refractivity contribution >= 4 is 18.1 Å². The van der Waals surface area contributed by atoms with Crippen molar-refractivity contribution in [3.63, 3.8) is 0 Å². The molecule has 3 amide bonds. The first-order valence-electron chi connectivity index (χ1n) is 6.05. The number of cyclic esters (lactones) is 1. The number of carbonyl (C=O) groups is 3. The van der Waals surface area contributed by atoms with Crippen molar-refractivity contribution < 1.29 is 24.2 Å². The van der Waals surface area contributed by atoms with Crippen LogP contribution in [0.15, 0.2) is 30.3 Å². The van der Waals surface area contributed by atoms with Crippen LogP contribution >= 0.6 is 0 Å². The molecule has 0 bridgehead atoms. The van der Waals surface area contributed by atoms with Crippen molar-refractivity contribution in [1.29, 1.82) is 0 Å². The molecule has 0 saturated carbocycles. The van der Waals surface area contributed by atoms with Gasteiger partial charge >= 0.3 is 12.2 Å². The van der Waals surface area contributed by atoms with Crippen molar-refractivity contribution in [3.05, 3.63) is 35.9 Å². The van der Waals surface area contributed by atoms with Crippen LogP contribution in [0.2, 0.25) is 0 Å². The van der Waals surface area contributed by atoms with Gasteiger partial charge in [-0.15, -0.1) is 0 Å². The molecule has 1 aromatic rings. The zero-order valence-corrected chi connectivity index (χ0v) is 10.8. The molecule has 2 N–H and O–H groups in total. The molecule has 1 aliphatic heterocycles. The number of hydrogen-bond donors (Lipinski definition) is 2. The molecule has 0 unspecified atom stereocenters. The van der Waals surface area contributed by atoms with Crippen LogP contribution in [0.5, 0.6) is 0 Å². The Morgan fingerprint density at radius 3 is 2.60 bits per heavy atom. The maximum atomic E-state index is 11.8. The monoisotopic (exact) mass is 278 g/mol. The second-order valence-corrected chi connectivity index (χ2v) is 4.38. The van der Waals surface area contributed by atoms with Crippen LogP contribution in [0.4, 0.5) is 9.59 Å². The highest BCUT2D eigenvalue weighted by molar-refractivity contribution is 5.95. The molecule has 1 saturated heterocycles. The lowest BCUT2D eigenvalue weighted by molar-refractivity contribution is -0.128. The number of hydrogen-bond acceptors (Lipinski definition) is 4. The highest BCUT2D eigenvalue weighted by Crippen LogP contribution is 2.32. The minimum Gasteiger partial charge on any atom is -0.465 e. The highest BCUT2D eigenvalue weighted by Gasteiger charge is 2.43. The third kappa shape index (κ3) is 2.71. The van der Waals surface area contributed by atoms with Crippen LogP contribution in [0.25, 0.3) is 0 Å². The third-order valence-corrected chi connectivity index (χ3v) is 3.06. The number of carbonyl (C=O) groups excluding carboxylic acids is 2. The van der Waals surface area contributed by atoms with Gasteiger partial charge in [0.15, 0.2) is 0 Å². The van der Waals surface area contributed by atoms with Gasteiger partial charge < -0.3 is 15.2 Å². The lowest BCUT2D eigenvalue weighted by Gasteiger charge is -2.19. The van der Waals surface area contributed by atoms with Gasteiger partial charge in [0, 0.05) is 0 Å². The van der Waals surface area contributed by atoms with Gasteiger partial charge in [0.1, 0.15) is 12.6 Å². The van der Waals surface area contributed by atoms with Gasteiger partial charge in [0.2, 0.25) is 0 Å². The second-order valence-electron chi connectivity index (χ2n) is 4.38. The average Bonchev–Trinajstić information content (AvgIpc) is 2.72. The van der Waals surface area contributed by atoms with Crippen molar-refractivity contribution in [2.24, 2.45) is 0 Å². The molecule has 0 aliphatic carbocycles. The van der Waals surface area contributed by atoms with E-state index in [9.17, 15) is 14.4 Å². The standard InChI is InChI=1S/C13H14N2O5/c1-8-11(9-5-3-2-4-6-9)20-13(19)15(8)10(16)7-14-12(17)18/h2-6,8,11,14H,7H2,1H3,(H,17,18)/t8-,11-/m1/s1. The first-order chi connectivity index (χ1) is 9.50. The van der Waals surface area contributed by atoms with E-state index in [1.807, 2.05) is 23.5 Å². The van der Waals surface area contributed by atoms with E-state index in [1.54, 1.807) is 19.1 Å². The van der Waals surface area contributed by atoms with E-state index in [0.717, 1.165) is 10.5 Å². The van der Waals surface area contributed by atoms with E-state index in [-0.39, 0.29) is 0 Å². The van der Waals surface area contributed by atoms with Crippen LogP contribution in [0.1, 0.15) is 18.6 Å². The van der Waals surface area contributed by atoms with Gasteiger partial charge in [0.25, 0.3) is 5.91 Å². The Morgan fingerprint density at radius 1 is 1.35 bits per heavy atom. The number of benzene rings is 1. The topological polar surface area (TPSA) is 95.9 Å². The van der Waals surface area contributed by atoms with Crippen LogP contribution in [-0.2, 0) is 9.53 Å². The van der Waals surface area contributed by atoms with Gasteiger partial charge in [0.05, 0.1) is 6.04 Å². The number of nitrogens with zero attached hydrogens (tertiary/aromatic N) is 1. The van der Waals surface area contributed by atoms with E-state index < -0.39 is 36.8 Å². The molecule has 106 valence electrons. The predicted octanol–water partition coefficient (Wildman–Crippen LogP) is 1.36. The largest absolute Gasteiger partial charge is 0.465 e. The molecule has 2 rings (SSSR count). The summed E-state index contributed by atoms with van der Waals surface area (Å²) in [4.78, 5) is 34.9. The summed E-state index contributed by atoms with van der Waals surface area (Å²) in [5.41, 5.74) is 0.787. The molecule has 1 aliphatic rings. The molecule has 0 spiro atoms. The quantitative estimate of drug-likeness (QED) is 0.870. The van der Waals surface area contributed by atoms with Crippen LogP contribution in [-0.4, -0.2) is 40.7 Å². The maximum absolute atomic E-state index is 11.8. The maximum Gasteiger partial charge on any atom is 0.417 e. The summed E-state index contributed by atoms with van der Waals surface area (Å²) in [6, 6.07) is 8.58. The Labute approximate surface area is 115 Å². The van der Waals surface area contributed by atoms with Crippen LogP contribution in [0.3, 0.4) is 0 Å². The van der Waals surface area contributed by atoms with Crippen LogP contribution in [0, 0.1) is 0 Å². The summed E-state index contributed by atoms with van der Waals surface area (Å²) in [5.74, 6) is -0.636. The summed E-state index contributed by atoms with van der Waals surface area (Å²) in [6.45, 7) is 1.22. The second kappa shape index (κ2) is 5.60. The third-order valence-electron chi connectivity index (χ3n) is 3.06. The molecule has 1 heterocycles. The molecule has 20 heavy (non-hydrogen) atoms. The number of amides is 3. The van der Waals surface area contributed by atoms with E-state index in [2.05, 4.69) is 0 Å². The summed E-state index contributed by atoms with van der Waals surface area (Å²) >= 11 is 0. The van der Waals surface area contributed by atoms with Gasteiger partial charge in [-0.25, -0.2) is 14.5 Å². The van der Waals surface area contributed by atoms with Gasteiger partial charge in [-0.05, 0) is 12.5 Å². The minimum absolute atomic E-state index is 0.462. The fraction of sp³-hybridized carbons (Fsp3) is 0.308. The molecule has 2 atom stereocenters. The Hall–Kier alpha value is -2.57. The normalized spacial score (nSPS) is 21.4. The highest BCUT2D eigenvalue weighted by atomic mass is 16.6. The molecule has 0 radical (unpaired) electrons. The Bertz CT molecular complexity index is 531. The van der Waals surface area contributed by atoms with Gasteiger partial charge in [-0.1, -0.05) is 30.3 Å².